The number of nitro benzene ring substituents is 1. The SMILES string of the molecule is COC(=O)C1C(C)=NC(C)=C(C(=O)OCC(C)=Cc2ccccc2)C1c1cccc([N+](=O)[O-])c1. The molecule has 0 amide bonds. The Morgan fingerprint density at radius 3 is 2.47 bits per heavy atom. The Bertz CT molecular complexity index is 1200. The molecule has 8 heteroatoms. The lowest BCUT2D eigenvalue weighted by Crippen LogP contribution is -2.36. The van der Waals surface area contributed by atoms with Crippen LogP contribution in [0.1, 0.15) is 37.8 Å². The minimum Gasteiger partial charge on any atom is -0.468 e. The summed E-state index contributed by atoms with van der Waals surface area (Å²) in [5.41, 5.74) is 3.11. The first-order valence-corrected chi connectivity index (χ1v) is 10.7. The summed E-state index contributed by atoms with van der Waals surface area (Å²) >= 11 is 0. The summed E-state index contributed by atoms with van der Waals surface area (Å²) in [6.45, 7) is 5.21. The lowest BCUT2D eigenvalue weighted by molar-refractivity contribution is -0.384. The molecule has 176 valence electrons. The fraction of sp³-hybridized carbons (Fsp3) is 0.269. The molecule has 34 heavy (non-hydrogen) atoms. The van der Waals surface area contributed by atoms with Crippen LogP contribution in [0.3, 0.4) is 0 Å². The molecule has 0 spiro atoms. The number of methoxy groups -OCH3 is 1. The quantitative estimate of drug-likeness (QED) is 0.330. The van der Waals surface area contributed by atoms with Crippen LogP contribution in [0.5, 0.6) is 0 Å². The van der Waals surface area contributed by atoms with Crippen LogP contribution < -0.4 is 0 Å². The zero-order chi connectivity index (χ0) is 24.8. The maximum atomic E-state index is 13.3. The Morgan fingerprint density at radius 2 is 1.82 bits per heavy atom. The van der Waals surface area contributed by atoms with Gasteiger partial charge in [0.1, 0.15) is 12.5 Å². The van der Waals surface area contributed by atoms with Crippen LogP contribution in [0.25, 0.3) is 6.08 Å². The molecule has 2 unspecified atom stereocenters. The predicted octanol–water partition coefficient (Wildman–Crippen LogP) is 4.86. The van der Waals surface area contributed by atoms with Crippen molar-refractivity contribution in [3.63, 3.8) is 0 Å². The lowest BCUT2D eigenvalue weighted by Gasteiger charge is -2.31. The third kappa shape index (κ3) is 5.46. The van der Waals surface area contributed by atoms with Gasteiger partial charge < -0.3 is 9.47 Å². The molecule has 0 saturated carbocycles. The number of benzene rings is 2. The number of carbonyl (C=O) groups excluding carboxylic acids is 2. The number of ether oxygens (including phenoxy) is 2. The number of hydrogen-bond acceptors (Lipinski definition) is 7. The van der Waals surface area contributed by atoms with Gasteiger partial charge in [0.15, 0.2) is 0 Å². The number of esters is 2. The molecule has 2 atom stereocenters. The van der Waals surface area contributed by atoms with E-state index in [4.69, 9.17) is 9.47 Å². The number of non-ortho nitro benzene ring substituents is 1. The maximum Gasteiger partial charge on any atom is 0.336 e. The van der Waals surface area contributed by atoms with Crippen molar-refractivity contribution in [1.82, 2.24) is 0 Å². The fourth-order valence-electron chi connectivity index (χ4n) is 4.06. The Kier molecular flexibility index (Phi) is 7.73. The van der Waals surface area contributed by atoms with Gasteiger partial charge in [-0.25, -0.2) is 4.79 Å². The lowest BCUT2D eigenvalue weighted by atomic mass is 9.75. The van der Waals surface area contributed by atoms with E-state index in [0.29, 0.717) is 17.0 Å². The van der Waals surface area contributed by atoms with Crippen LogP contribution in [0.2, 0.25) is 0 Å². The topological polar surface area (TPSA) is 108 Å². The van der Waals surface area contributed by atoms with Gasteiger partial charge in [-0.2, -0.15) is 0 Å². The van der Waals surface area contributed by atoms with E-state index in [-0.39, 0.29) is 17.9 Å². The molecule has 0 saturated heterocycles. The van der Waals surface area contributed by atoms with Gasteiger partial charge in [0.25, 0.3) is 5.69 Å². The Hall–Kier alpha value is -4.07. The molecule has 0 N–H and O–H groups in total. The highest BCUT2D eigenvalue weighted by atomic mass is 16.6. The largest absolute Gasteiger partial charge is 0.468 e. The smallest absolute Gasteiger partial charge is 0.336 e. The van der Waals surface area contributed by atoms with Crippen molar-refractivity contribution in [3.8, 4) is 0 Å². The van der Waals surface area contributed by atoms with Gasteiger partial charge in [0, 0.05) is 29.5 Å². The first-order chi connectivity index (χ1) is 16.2. The summed E-state index contributed by atoms with van der Waals surface area (Å²) in [6, 6.07) is 15.5. The zero-order valence-electron chi connectivity index (χ0n) is 19.5. The van der Waals surface area contributed by atoms with Gasteiger partial charge in [0.05, 0.1) is 17.6 Å². The Morgan fingerprint density at radius 1 is 1.12 bits per heavy atom. The summed E-state index contributed by atoms with van der Waals surface area (Å²) in [5, 5.41) is 11.4. The monoisotopic (exact) mass is 462 g/mol. The molecule has 2 aromatic rings. The average molecular weight is 463 g/mol. The zero-order valence-corrected chi connectivity index (χ0v) is 19.5. The summed E-state index contributed by atoms with van der Waals surface area (Å²) in [6.07, 6.45) is 1.91. The molecule has 0 aromatic heterocycles. The average Bonchev–Trinajstić information content (AvgIpc) is 2.82. The molecule has 2 aromatic carbocycles. The van der Waals surface area contributed by atoms with Crippen LogP contribution in [0, 0.1) is 16.0 Å². The fourth-order valence-corrected chi connectivity index (χ4v) is 4.06. The first kappa shape index (κ1) is 24.6. The van der Waals surface area contributed by atoms with Crippen LogP contribution in [0.15, 0.2) is 76.4 Å². The predicted molar refractivity (Wildman–Crippen MR) is 128 cm³/mol. The van der Waals surface area contributed by atoms with Gasteiger partial charge >= 0.3 is 11.9 Å². The summed E-state index contributed by atoms with van der Waals surface area (Å²) in [4.78, 5) is 41.2. The van der Waals surface area contributed by atoms with E-state index in [1.165, 1.54) is 25.3 Å². The van der Waals surface area contributed by atoms with Crippen LogP contribution in [-0.2, 0) is 19.1 Å². The maximum absolute atomic E-state index is 13.3. The number of nitrogens with zero attached hydrogens (tertiary/aromatic N) is 2. The van der Waals surface area contributed by atoms with Crippen molar-refractivity contribution in [2.24, 2.45) is 10.9 Å². The number of rotatable bonds is 7. The molecule has 0 fully saturated rings. The molecular weight excluding hydrogens is 436 g/mol. The van der Waals surface area contributed by atoms with Crippen LogP contribution >= 0.6 is 0 Å². The van der Waals surface area contributed by atoms with Crippen LogP contribution in [0.4, 0.5) is 5.69 Å². The molecule has 0 bridgehead atoms. The van der Waals surface area contributed by atoms with E-state index in [0.717, 1.165) is 11.1 Å². The second-order valence-electron chi connectivity index (χ2n) is 8.06. The summed E-state index contributed by atoms with van der Waals surface area (Å²) < 4.78 is 10.6. The van der Waals surface area contributed by atoms with E-state index in [2.05, 4.69) is 4.99 Å². The normalized spacial score (nSPS) is 18.2. The molecule has 0 aliphatic carbocycles. The highest BCUT2D eigenvalue weighted by Crippen LogP contribution is 2.41. The van der Waals surface area contributed by atoms with Crippen molar-refractivity contribution >= 4 is 29.4 Å². The van der Waals surface area contributed by atoms with Gasteiger partial charge in [0.2, 0.25) is 0 Å². The number of hydrogen-bond donors (Lipinski definition) is 0. The first-order valence-electron chi connectivity index (χ1n) is 10.7. The third-order valence-electron chi connectivity index (χ3n) is 5.59. The highest BCUT2D eigenvalue weighted by Gasteiger charge is 2.42. The van der Waals surface area contributed by atoms with Gasteiger partial charge in [-0.1, -0.05) is 48.5 Å². The highest BCUT2D eigenvalue weighted by molar-refractivity contribution is 6.07. The van der Waals surface area contributed by atoms with E-state index in [1.54, 1.807) is 19.9 Å². The Labute approximate surface area is 197 Å². The summed E-state index contributed by atoms with van der Waals surface area (Å²) in [7, 11) is 1.25. The number of carbonyl (C=O) groups is 2. The van der Waals surface area contributed by atoms with Gasteiger partial charge in [-0.05, 0) is 37.5 Å². The van der Waals surface area contributed by atoms with Crippen LogP contribution in [-0.4, -0.2) is 36.3 Å². The standard InChI is InChI=1S/C26H26N2O6/c1-16(13-19-9-6-5-7-10-19)15-34-26(30)23-18(3)27-17(2)22(25(29)33-4)24(23)20-11-8-12-21(14-20)28(31)32/h5-14,22,24H,15H2,1-4H3. The number of allylic oxidation sites excluding steroid dienone is 1. The van der Waals surface area contributed by atoms with E-state index in [1.807, 2.05) is 43.3 Å². The number of nitro groups is 1. The van der Waals surface area contributed by atoms with Crippen molar-refractivity contribution in [2.45, 2.75) is 26.7 Å². The van der Waals surface area contributed by atoms with Crippen molar-refractivity contribution in [1.29, 1.82) is 0 Å². The van der Waals surface area contributed by atoms with E-state index >= 15 is 0 Å². The van der Waals surface area contributed by atoms with E-state index < -0.39 is 28.7 Å². The second-order valence-corrected chi connectivity index (χ2v) is 8.06. The molecule has 1 aliphatic heterocycles. The molecule has 1 aliphatic rings. The van der Waals surface area contributed by atoms with Crippen molar-refractivity contribution in [3.05, 3.63) is 92.7 Å². The van der Waals surface area contributed by atoms with Crippen molar-refractivity contribution < 1.29 is 24.0 Å². The number of aliphatic imine (C=N–C) groups is 1. The molecule has 3 rings (SSSR count). The van der Waals surface area contributed by atoms with Crippen molar-refractivity contribution in [2.75, 3.05) is 13.7 Å². The molecule has 0 radical (unpaired) electrons. The Balaban J connectivity index is 1.97. The third-order valence-corrected chi connectivity index (χ3v) is 5.59. The second kappa shape index (κ2) is 10.7. The minimum absolute atomic E-state index is 0.0394. The summed E-state index contributed by atoms with van der Waals surface area (Å²) in [5.74, 6) is -2.98. The van der Waals surface area contributed by atoms with Gasteiger partial charge in [-0.3, -0.25) is 19.9 Å². The molecule has 8 nitrogen and oxygen atoms in total. The van der Waals surface area contributed by atoms with E-state index in [9.17, 15) is 19.7 Å². The molecular formula is C26H26N2O6. The van der Waals surface area contributed by atoms with Gasteiger partial charge in [-0.15, -0.1) is 0 Å². The minimum atomic E-state index is -0.917. The molecule has 1 heterocycles.